The van der Waals surface area contributed by atoms with E-state index in [1.807, 2.05) is 20.8 Å². The second-order valence-electron chi connectivity index (χ2n) is 7.23. The maximum Gasteiger partial charge on any atom is 0.230 e. The number of aliphatic hydroxyl groups is 1. The number of carbonyl (C=O) groups excluding carboxylic acids is 1. The lowest BCUT2D eigenvalue weighted by molar-refractivity contribution is -0.377. The van der Waals surface area contributed by atoms with E-state index in [-0.39, 0.29) is 34.2 Å². The quantitative estimate of drug-likeness (QED) is 0.594. The number of rotatable bonds is 1. The van der Waals surface area contributed by atoms with E-state index in [2.05, 4.69) is 0 Å². The largest absolute Gasteiger partial charge is 0.612 e. The topological polar surface area (TPSA) is 86.4 Å². The molecular formula is C18H20NO4-. The van der Waals surface area contributed by atoms with Crippen molar-refractivity contribution in [2.24, 2.45) is 16.7 Å². The Hall–Kier alpha value is -2.30. The molecule has 0 spiro atoms. The summed E-state index contributed by atoms with van der Waals surface area (Å²) in [6.45, 7) is 6.00. The fourth-order valence-electron chi connectivity index (χ4n) is 4.06. The highest BCUT2D eigenvalue weighted by atomic mass is 16.8. The van der Waals surface area contributed by atoms with Gasteiger partial charge in [-0.25, -0.2) is 0 Å². The van der Waals surface area contributed by atoms with E-state index < -0.39 is 10.3 Å². The number of nitrogens with zero attached hydrogens (tertiary/aromatic N) is 1. The van der Waals surface area contributed by atoms with Crippen molar-refractivity contribution in [3.63, 3.8) is 0 Å². The summed E-state index contributed by atoms with van der Waals surface area (Å²) in [7, 11) is 0. The first-order valence-electron chi connectivity index (χ1n) is 7.76. The van der Waals surface area contributed by atoms with Gasteiger partial charge in [-0.15, -0.1) is 0 Å². The predicted molar refractivity (Wildman–Crippen MR) is 87.6 cm³/mol. The third-order valence-electron chi connectivity index (χ3n) is 6.02. The summed E-state index contributed by atoms with van der Waals surface area (Å²) in [6, 6.07) is 0. The van der Waals surface area contributed by atoms with Gasteiger partial charge in [0.05, 0.1) is 5.57 Å². The lowest BCUT2D eigenvalue weighted by Gasteiger charge is -2.44. The Labute approximate surface area is 135 Å². The lowest BCUT2D eigenvalue weighted by Crippen LogP contribution is -2.44. The molecule has 0 heterocycles. The Bertz CT molecular complexity index is 732. The van der Waals surface area contributed by atoms with Gasteiger partial charge >= 0.3 is 0 Å². The van der Waals surface area contributed by atoms with Gasteiger partial charge in [0, 0.05) is 23.0 Å². The van der Waals surface area contributed by atoms with Crippen LogP contribution in [-0.4, -0.2) is 21.5 Å². The number of Topliss-reactive ketones (excluding diaryl/α,β-unsaturated/α-hetero) is 1. The van der Waals surface area contributed by atoms with Crippen LogP contribution in [0.3, 0.4) is 0 Å². The van der Waals surface area contributed by atoms with Crippen LogP contribution in [0.25, 0.3) is 0 Å². The summed E-state index contributed by atoms with van der Waals surface area (Å²) in [4.78, 5) is 12.3. The van der Waals surface area contributed by atoms with Crippen LogP contribution in [0.5, 0.6) is 0 Å². The van der Waals surface area contributed by atoms with Gasteiger partial charge in [-0.3, -0.25) is 4.79 Å². The van der Waals surface area contributed by atoms with Crippen LogP contribution in [0.1, 0.15) is 33.6 Å². The lowest BCUT2D eigenvalue weighted by atomic mass is 9.59. The number of allylic oxidation sites excluding steroid dienone is 8. The summed E-state index contributed by atoms with van der Waals surface area (Å²) in [5.41, 5.74) is -0.281. The molecule has 0 aromatic heterocycles. The Morgan fingerprint density at radius 3 is 2.57 bits per heavy atom. The van der Waals surface area contributed by atoms with Crippen molar-refractivity contribution in [2.45, 2.75) is 33.6 Å². The fourth-order valence-corrected chi connectivity index (χ4v) is 4.06. The zero-order valence-corrected chi connectivity index (χ0v) is 13.5. The minimum Gasteiger partial charge on any atom is -0.612 e. The van der Waals surface area contributed by atoms with Crippen LogP contribution in [0.4, 0.5) is 0 Å². The minimum absolute atomic E-state index is 0.0667. The molecule has 23 heavy (non-hydrogen) atoms. The summed E-state index contributed by atoms with van der Waals surface area (Å²) in [6.07, 6.45) is 9.22. The molecule has 3 rings (SSSR count). The first kappa shape index (κ1) is 15.6. The molecule has 0 aromatic rings. The van der Waals surface area contributed by atoms with Crippen LogP contribution in [0.15, 0.2) is 47.3 Å². The maximum atomic E-state index is 12.8. The molecule has 1 N–H and O–H groups in total. The summed E-state index contributed by atoms with van der Waals surface area (Å²) in [5, 5.41) is 33.1. The third kappa shape index (κ3) is 1.99. The smallest absolute Gasteiger partial charge is 0.230 e. The fraction of sp³-hybridized carbons (Fsp3) is 0.444. The first-order valence-corrected chi connectivity index (χ1v) is 7.76. The van der Waals surface area contributed by atoms with Crippen molar-refractivity contribution < 1.29 is 14.8 Å². The van der Waals surface area contributed by atoms with Crippen molar-refractivity contribution in [3.05, 3.63) is 57.7 Å². The summed E-state index contributed by atoms with van der Waals surface area (Å²) < 4.78 is 0. The molecule has 0 aromatic carbocycles. The van der Waals surface area contributed by atoms with Crippen LogP contribution >= 0.6 is 0 Å². The molecule has 3 aliphatic rings. The molecule has 0 aliphatic heterocycles. The van der Waals surface area contributed by atoms with Crippen molar-refractivity contribution >= 4 is 11.5 Å². The molecule has 5 nitrogen and oxygen atoms in total. The van der Waals surface area contributed by atoms with Gasteiger partial charge in [-0.1, -0.05) is 32.9 Å². The number of fused-ring (bicyclic) bond motifs is 2. The normalized spacial score (nSPS) is 33.7. The van der Waals surface area contributed by atoms with Gasteiger partial charge in [0.25, 0.3) is 0 Å². The maximum absolute atomic E-state index is 12.8. The molecule has 0 saturated heterocycles. The highest BCUT2D eigenvalue weighted by Gasteiger charge is 2.60. The van der Waals surface area contributed by atoms with Gasteiger partial charge in [-0.05, 0) is 30.4 Å². The van der Waals surface area contributed by atoms with E-state index in [4.69, 9.17) is 0 Å². The number of hydrogen-bond acceptors (Lipinski definition) is 4. The second kappa shape index (κ2) is 4.85. The molecule has 1 fully saturated rings. The highest BCUT2D eigenvalue weighted by molar-refractivity contribution is 6.11. The number of aliphatic hydroxyl groups excluding tert-OH is 1. The highest BCUT2D eigenvalue weighted by Crippen LogP contribution is 2.63. The molecule has 122 valence electrons. The van der Waals surface area contributed by atoms with Crippen molar-refractivity contribution in [3.8, 4) is 0 Å². The van der Waals surface area contributed by atoms with Crippen LogP contribution in [-0.2, 0) is 4.79 Å². The standard InChI is InChI=1S/C18H20NO4/c1-17(2)13-8-9-18(17,3)16(21)12(15(13)20)10-11-6-4-5-7-14(11)19(22)23/h4-7,10,13H,8-9H2,1-3H3,(H-,20,21,22,23)/q-1/t13-,18+/m0/s1. The zero-order chi connectivity index (χ0) is 17.0. The zero-order valence-electron chi connectivity index (χ0n) is 13.5. The Morgan fingerprint density at radius 2 is 1.91 bits per heavy atom. The van der Waals surface area contributed by atoms with E-state index >= 15 is 0 Å². The van der Waals surface area contributed by atoms with E-state index in [0.29, 0.717) is 5.57 Å². The SMILES string of the molecule is CC1(C)[C@H]2CC[C@]1(C)C(O)=C(C=C1C=CC=CC1=[N+]([O-])[O-])C2=O. The average molecular weight is 314 g/mol. The van der Waals surface area contributed by atoms with Crippen molar-refractivity contribution in [2.75, 3.05) is 0 Å². The van der Waals surface area contributed by atoms with Crippen LogP contribution < -0.4 is 0 Å². The minimum atomic E-state index is -0.475. The van der Waals surface area contributed by atoms with Gasteiger partial charge in [0.2, 0.25) is 5.71 Å². The molecule has 5 heteroatoms. The molecule has 0 radical (unpaired) electrons. The molecule has 0 amide bonds. The Kier molecular flexibility index (Phi) is 3.29. The summed E-state index contributed by atoms with van der Waals surface area (Å²) in [5.74, 6) is -0.197. The summed E-state index contributed by atoms with van der Waals surface area (Å²) >= 11 is 0. The van der Waals surface area contributed by atoms with E-state index in [0.717, 1.165) is 12.8 Å². The van der Waals surface area contributed by atoms with Crippen molar-refractivity contribution in [1.82, 2.24) is 0 Å². The molecule has 2 atom stereocenters. The average Bonchev–Trinajstić information content (AvgIpc) is 2.69. The van der Waals surface area contributed by atoms with Crippen LogP contribution in [0.2, 0.25) is 0 Å². The van der Waals surface area contributed by atoms with Gasteiger partial charge < -0.3 is 15.5 Å². The molecular weight excluding hydrogens is 294 g/mol. The molecule has 0 unspecified atom stereocenters. The molecule has 2 bridgehead atoms. The first-order chi connectivity index (χ1) is 10.7. The molecule has 1 saturated carbocycles. The van der Waals surface area contributed by atoms with Crippen LogP contribution in [0, 0.1) is 27.2 Å². The van der Waals surface area contributed by atoms with E-state index in [9.17, 15) is 20.3 Å². The monoisotopic (exact) mass is 314 g/mol. The van der Waals surface area contributed by atoms with E-state index in [1.54, 1.807) is 18.2 Å². The number of carbonyl (C=O) groups is 1. The number of hydrogen-bond donors (Lipinski definition) is 1. The molecule has 3 aliphatic carbocycles. The van der Waals surface area contributed by atoms with Gasteiger partial charge in [-0.2, -0.15) is 4.90 Å². The van der Waals surface area contributed by atoms with Gasteiger partial charge in [0.15, 0.2) is 5.78 Å². The predicted octanol–water partition coefficient (Wildman–Crippen LogP) is 3.33. The number of ketones is 1. The Balaban J connectivity index is 2.16. The Morgan fingerprint density at radius 1 is 1.26 bits per heavy atom. The third-order valence-corrected chi connectivity index (χ3v) is 6.02. The second-order valence-corrected chi connectivity index (χ2v) is 7.23. The van der Waals surface area contributed by atoms with Crippen molar-refractivity contribution in [1.29, 1.82) is 0 Å². The van der Waals surface area contributed by atoms with Gasteiger partial charge in [0.1, 0.15) is 5.76 Å². The van der Waals surface area contributed by atoms with E-state index in [1.165, 1.54) is 12.2 Å².